The smallest absolute Gasteiger partial charge is 0.133 e. The molecule has 2 aromatic heterocycles. The summed E-state index contributed by atoms with van der Waals surface area (Å²) in [5.41, 5.74) is 2.96. The fraction of sp³-hybridized carbons (Fsp3) is 0.308. The Morgan fingerprint density at radius 1 is 1.24 bits per heavy atom. The molecule has 0 saturated carbocycles. The van der Waals surface area contributed by atoms with E-state index in [1.165, 1.54) is 0 Å². The van der Waals surface area contributed by atoms with Crippen LogP contribution in [0, 0.1) is 6.92 Å². The van der Waals surface area contributed by atoms with Crippen LogP contribution in [0.5, 0.6) is 0 Å². The number of halogens is 1. The van der Waals surface area contributed by atoms with Crippen molar-refractivity contribution in [2.45, 2.75) is 26.7 Å². The number of hydrogen-bond donors (Lipinski definition) is 0. The largest absolute Gasteiger partial charge is 0.264 e. The summed E-state index contributed by atoms with van der Waals surface area (Å²) in [4.78, 5) is 12.9. The van der Waals surface area contributed by atoms with Gasteiger partial charge in [-0.25, -0.2) is 9.97 Å². The standard InChI is InChI=1S/C13H14ClN3/c1-8(2)13-16-11(6-12(14)17-13)10-7-15-5-4-9(10)3/h4-8H,1-3H3. The van der Waals surface area contributed by atoms with Crippen molar-refractivity contribution >= 4 is 11.6 Å². The molecule has 3 nitrogen and oxygen atoms in total. The molecule has 0 bridgehead atoms. The van der Waals surface area contributed by atoms with Crippen molar-refractivity contribution < 1.29 is 0 Å². The van der Waals surface area contributed by atoms with E-state index in [1.807, 2.05) is 26.8 Å². The molecule has 0 N–H and O–H groups in total. The summed E-state index contributed by atoms with van der Waals surface area (Å²) in [5.74, 6) is 1.01. The number of nitrogens with zero attached hydrogens (tertiary/aromatic N) is 3. The maximum Gasteiger partial charge on any atom is 0.133 e. The molecule has 17 heavy (non-hydrogen) atoms. The average Bonchev–Trinajstić information content (AvgIpc) is 2.28. The Balaban J connectivity index is 2.56. The zero-order valence-electron chi connectivity index (χ0n) is 10.1. The Morgan fingerprint density at radius 2 is 2.00 bits per heavy atom. The quantitative estimate of drug-likeness (QED) is 0.761. The second-order valence-electron chi connectivity index (χ2n) is 4.28. The van der Waals surface area contributed by atoms with E-state index in [2.05, 4.69) is 15.0 Å². The first kappa shape index (κ1) is 12.0. The minimum absolute atomic E-state index is 0.254. The molecule has 2 heterocycles. The fourth-order valence-electron chi connectivity index (χ4n) is 1.56. The van der Waals surface area contributed by atoms with Crippen LogP contribution in [0.25, 0.3) is 11.3 Å². The summed E-state index contributed by atoms with van der Waals surface area (Å²) in [6.07, 6.45) is 3.57. The van der Waals surface area contributed by atoms with Gasteiger partial charge in [-0.1, -0.05) is 25.4 Å². The summed E-state index contributed by atoms with van der Waals surface area (Å²) in [6, 6.07) is 3.73. The van der Waals surface area contributed by atoms with Gasteiger partial charge in [0.25, 0.3) is 0 Å². The molecule has 2 aromatic rings. The van der Waals surface area contributed by atoms with Gasteiger partial charge in [-0.15, -0.1) is 0 Å². The van der Waals surface area contributed by atoms with Crippen molar-refractivity contribution in [3.05, 3.63) is 41.1 Å². The van der Waals surface area contributed by atoms with Gasteiger partial charge in [0, 0.05) is 29.9 Å². The van der Waals surface area contributed by atoms with Crippen molar-refractivity contribution in [3.63, 3.8) is 0 Å². The van der Waals surface area contributed by atoms with Crippen molar-refractivity contribution in [3.8, 4) is 11.3 Å². The number of rotatable bonds is 2. The molecule has 0 aromatic carbocycles. The highest BCUT2D eigenvalue weighted by molar-refractivity contribution is 6.29. The topological polar surface area (TPSA) is 38.7 Å². The van der Waals surface area contributed by atoms with E-state index in [4.69, 9.17) is 11.6 Å². The molecule has 0 aliphatic heterocycles. The van der Waals surface area contributed by atoms with Crippen LogP contribution in [0.1, 0.15) is 31.2 Å². The van der Waals surface area contributed by atoms with Crippen LogP contribution in [0.2, 0.25) is 5.15 Å². The summed E-state index contributed by atoms with van der Waals surface area (Å²) in [7, 11) is 0. The van der Waals surface area contributed by atoms with Crippen LogP contribution in [-0.4, -0.2) is 15.0 Å². The van der Waals surface area contributed by atoms with E-state index < -0.39 is 0 Å². The molecule has 0 radical (unpaired) electrons. The van der Waals surface area contributed by atoms with Crippen LogP contribution in [0.3, 0.4) is 0 Å². The molecule has 0 saturated heterocycles. The highest BCUT2D eigenvalue weighted by Gasteiger charge is 2.10. The SMILES string of the molecule is Cc1ccncc1-c1cc(Cl)nc(C(C)C)n1. The maximum absolute atomic E-state index is 6.02. The summed E-state index contributed by atoms with van der Waals surface area (Å²) < 4.78 is 0. The Kier molecular flexibility index (Phi) is 3.38. The van der Waals surface area contributed by atoms with Gasteiger partial charge < -0.3 is 0 Å². The van der Waals surface area contributed by atoms with E-state index in [0.717, 1.165) is 22.6 Å². The minimum atomic E-state index is 0.254. The van der Waals surface area contributed by atoms with Gasteiger partial charge in [0.1, 0.15) is 11.0 Å². The van der Waals surface area contributed by atoms with E-state index in [0.29, 0.717) is 5.15 Å². The van der Waals surface area contributed by atoms with Crippen molar-refractivity contribution in [1.29, 1.82) is 0 Å². The summed E-state index contributed by atoms with van der Waals surface area (Å²) in [5, 5.41) is 0.474. The lowest BCUT2D eigenvalue weighted by Gasteiger charge is -2.09. The molecule has 0 aliphatic rings. The molecule has 0 amide bonds. The predicted molar refractivity (Wildman–Crippen MR) is 69.1 cm³/mol. The first-order chi connectivity index (χ1) is 8.08. The lowest BCUT2D eigenvalue weighted by molar-refractivity contribution is 0.776. The molecule has 0 unspecified atom stereocenters. The summed E-state index contributed by atoms with van der Waals surface area (Å²) >= 11 is 6.02. The van der Waals surface area contributed by atoms with Gasteiger partial charge in [-0.2, -0.15) is 0 Å². The number of aryl methyl sites for hydroxylation is 1. The van der Waals surface area contributed by atoms with Gasteiger partial charge in [-0.05, 0) is 18.6 Å². The Labute approximate surface area is 106 Å². The molecule has 0 spiro atoms. The molecular formula is C13H14ClN3. The predicted octanol–water partition coefficient (Wildman–Crippen LogP) is 3.62. The van der Waals surface area contributed by atoms with Crippen LogP contribution < -0.4 is 0 Å². The van der Waals surface area contributed by atoms with Crippen LogP contribution in [0.15, 0.2) is 24.5 Å². The zero-order valence-corrected chi connectivity index (χ0v) is 10.9. The van der Waals surface area contributed by atoms with Gasteiger partial charge in [0.05, 0.1) is 5.69 Å². The normalized spacial score (nSPS) is 10.9. The van der Waals surface area contributed by atoms with Gasteiger partial charge >= 0.3 is 0 Å². The lowest BCUT2D eigenvalue weighted by atomic mass is 10.1. The molecular weight excluding hydrogens is 234 g/mol. The van der Waals surface area contributed by atoms with Crippen LogP contribution in [-0.2, 0) is 0 Å². The van der Waals surface area contributed by atoms with E-state index in [1.54, 1.807) is 18.5 Å². The minimum Gasteiger partial charge on any atom is -0.264 e. The number of hydrogen-bond acceptors (Lipinski definition) is 3. The van der Waals surface area contributed by atoms with E-state index in [9.17, 15) is 0 Å². The zero-order chi connectivity index (χ0) is 12.4. The Morgan fingerprint density at radius 3 is 2.65 bits per heavy atom. The van der Waals surface area contributed by atoms with Gasteiger partial charge in [0.15, 0.2) is 0 Å². The second-order valence-corrected chi connectivity index (χ2v) is 4.67. The molecule has 88 valence electrons. The highest BCUT2D eigenvalue weighted by Crippen LogP contribution is 2.24. The third-order valence-electron chi connectivity index (χ3n) is 2.54. The molecule has 0 aliphatic carbocycles. The number of aromatic nitrogens is 3. The van der Waals surface area contributed by atoms with Crippen LogP contribution in [0.4, 0.5) is 0 Å². The third-order valence-corrected chi connectivity index (χ3v) is 2.74. The summed E-state index contributed by atoms with van der Waals surface area (Å²) in [6.45, 7) is 6.12. The lowest BCUT2D eigenvalue weighted by Crippen LogP contribution is -2.00. The molecule has 0 atom stereocenters. The van der Waals surface area contributed by atoms with Crippen molar-refractivity contribution in [2.75, 3.05) is 0 Å². The molecule has 0 fully saturated rings. The second kappa shape index (κ2) is 4.80. The molecule has 2 rings (SSSR count). The van der Waals surface area contributed by atoms with Gasteiger partial charge in [-0.3, -0.25) is 4.98 Å². The average molecular weight is 248 g/mol. The van der Waals surface area contributed by atoms with Crippen LogP contribution >= 0.6 is 11.6 Å². The highest BCUT2D eigenvalue weighted by atomic mass is 35.5. The first-order valence-electron chi connectivity index (χ1n) is 5.53. The maximum atomic E-state index is 6.02. The first-order valence-corrected chi connectivity index (χ1v) is 5.91. The van der Waals surface area contributed by atoms with Gasteiger partial charge in [0.2, 0.25) is 0 Å². The number of pyridine rings is 1. The fourth-order valence-corrected chi connectivity index (χ4v) is 1.75. The third kappa shape index (κ3) is 2.61. The van der Waals surface area contributed by atoms with Crippen molar-refractivity contribution in [2.24, 2.45) is 0 Å². The molecule has 4 heteroatoms. The Bertz CT molecular complexity index is 538. The Hall–Kier alpha value is -1.48. The van der Waals surface area contributed by atoms with Crippen molar-refractivity contribution in [1.82, 2.24) is 15.0 Å². The van der Waals surface area contributed by atoms with E-state index >= 15 is 0 Å². The van der Waals surface area contributed by atoms with E-state index in [-0.39, 0.29) is 5.92 Å². The monoisotopic (exact) mass is 247 g/mol.